The van der Waals surface area contributed by atoms with Crippen molar-refractivity contribution in [2.45, 2.75) is 12.8 Å². The van der Waals surface area contributed by atoms with Crippen LogP contribution in [0.25, 0.3) is 0 Å². The molecule has 2 aliphatic rings. The lowest BCUT2D eigenvalue weighted by Crippen LogP contribution is -2.21. The van der Waals surface area contributed by atoms with Crippen molar-refractivity contribution < 1.29 is 22.7 Å². The Hall–Kier alpha value is -1.61. The van der Waals surface area contributed by atoms with E-state index in [9.17, 15) is 13.2 Å². The summed E-state index contributed by atoms with van der Waals surface area (Å²) in [5.74, 6) is 1.11. The molecule has 124 valence electrons. The zero-order valence-electron chi connectivity index (χ0n) is 12.1. The highest BCUT2D eigenvalue weighted by molar-refractivity contribution is 9.10. The molecule has 0 radical (unpaired) electrons. The fraction of sp³-hybridized carbons (Fsp3) is 0.429. The minimum Gasteiger partial charge on any atom is -0.454 e. The second kappa shape index (κ2) is 6.48. The minimum atomic E-state index is -2.97. The molecule has 1 aromatic rings. The lowest BCUT2D eigenvalue weighted by atomic mass is 10.1. The third-order valence-corrected chi connectivity index (χ3v) is 6.21. The Balaban J connectivity index is 1.56. The van der Waals surface area contributed by atoms with Crippen molar-refractivity contribution in [2.75, 3.05) is 18.3 Å². The quantitative estimate of drug-likeness (QED) is 0.607. The molecule has 1 saturated heterocycles. The van der Waals surface area contributed by atoms with E-state index in [1.807, 2.05) is 0 Å². The summed E-state index contributed by atoms with van der Waals surface area (Å²) >= 11 is 3.39. The molecule has 1 aromatic carbocycles. The molecule has 1 fully saturated rings. The van der Waals surface area contributed by atoms with Gasteiger partial charge in [0.15, 0.2) is 21.3 Å². The molecular formula is C14H15BrN2O5S. The molecule has 2 aliphatic heterocycles. The van der Waals surface area contributed by atoms with Crippen LogP contribution in [-0.2, 0) is 14.6 Å². The third-order valence-electron chi connectivity index (χ3n) is 3.69. The summed E-state index contributed by atoms with van der Waals surface area (Å²) in [6.45, 7) is 0.184. The summed E-state index contributed by atoms with van der Waals surface area (Å²) in [6, 6.07) is 3.53. The van der Waals surface area contributed by atoms with Crippen molar-refractivity contribution in [1.29, 1.82) is 0 Å². The van der Waals surface area contributed by atoms with Gasteiger partial charge in [-0.3, -0.25) is 4.79 Å². The van der Waals surface area contributed by atoms with Crippen molar-refractivity contribution in [3.05, 3.63) is 22.2 Å². The maximum absolute atomic E-state index is 11.8. The normalized spacial score (nSPS) is 21.7. The number of halogens is 1. The van der Waals surface area contributed by atoms with Gasteiger partial charge in [-0.2, -0.15) is 5.10 Å². The summed E-state index contributed by atoms with van der Waals surface area (Å²) < 4.78 is 34.0. The Kier molecular flexibility index (Phi) is 4.58. The fourth-order valence-electron chi connectivity index (χ4n) is 2.55. The third kappa shape index (κ3) is 4.03. The van der Waals surface area contributed by atoms with Gasteiger partial charge >= 0.3 is 0 Å². The van der Waals surface area contributed by atoms with Crippen LogP contribution in [0.1, 0.15) is 18.4 Å². The lowest BCUT2D eigenvalue weighted by Gasteiger charge is -2.05. The van der Waals surface area contributed by atoms with Gasteiger partial charge in [-0.25, -0.2) is 13.8 Å². The van der Waals surface area contributed by atoms with Crippen molar-refractivity contribution in [1.82, 2.24) is 5.43 Å². The van der Waals surface area contributed by atoms with E-state index in [-0.39, 0.29) is 36.5 Å². The van der Waals surface area contributed by atoms with Crippen LogP contribution in [0.4, 0.5) is 0 Å². The number of nitrogens with zero attached hydrogens (tertiary/aromatic N) is 1. The number of benzene rings is 1. The van der Waals surface area contributed by atoms with Crippen LogP contribution in [0.5, 0.6) is 11.5 Å². The molecule has 0 unspecified atom stereocenters. The molecule has 1 atom stereocenters. The molecule has 7 nitrogen and oxygen atoms in total. The van der Waals surface area contributed by atoms with Crippen molar-refractivity contribution in [2.24, 2.45) is 11.0 Å². The number of rotatable bonds is 4. The second-order valence-corrected chi connectivity index (χ2v) is 8.58. The Morgan fingerprint density at radius 3 is 2.83 bits per heavy atom. The monoisotopic (exact) mass is 402 g/mol. The highest BCUT2D eigenvalue weighted by Crippen LogP contribution is 2.36. The van der Waals surface area contributed by atoms with Gasteiger partial charge in [-0.1, -0.05) is 0 Å². The molecule has 0 aromatic heterocycles. The van der Waals surface area contributed by atoms with Crippen LogP contribution >= 0.6 is 15.9 Å². The summed E-state index contributed by atoms with van der Waals surface area (Å²) in [5, 5.41) is 3.91. The first-order valence-corrected chi connectivity index (χ1v) is 9.66. The molecule has 1 amide bonds. The van der Waals surface area contributed by atoms with Crippen LogP contribution in [0.2, 0.25) is 0 Å². The van der Waals surface area contributed by atoms with Crippen molar-refractivity contribution in [3.63, 3.8) is 0 Å². The van der Waals surface area contributed by atoms with E-state index < -0.39 is 9.84 Å². The average Bonchev–Trinajstić information content (AvgIpc) is 3.04. The summed E-state index contributed by atoms with van der Waals surface area (Å²) in [7, 11) is -2.97. The number of nitrogens with one attached hydrogen (secondary N) is 1. The Morgan fingerprint density at radius 1 is 1.39 bits per heavy atom. The molecule has 0 aliphatic carbocycles. The first kappa shape index (κ1) is 16.3. The van der Waals surface area contributed by atoms with Gasteiger partial charge in [-0.15, -0.1) is 0 Å². The molecule has 3 rings (SSSR count). The molecule has 2 heterocycles. The van der Waals surface area contributed by atoms with Gasteiger partial charge < -0.3 is 9.47 Å². The maximum Gasteiger partial charge on any atom is 0.240 e. The minimum absolute atomic E-state index is 0.0812. The van der Waals surface area contributed by atoms with Crippen LogP contribution in [0, 0.1) is 5.92 Å². The van der Waals surface area contributed by atoms with Gasteiger partial charge in [0.1, 0.15) is 0 Å². The van der Waals surface area contributed by atoms with E-state index in [1.54, 1.807) is 12.1 Å². The standard InChI is InChI=1S/C14H15BrN2O5S/c15-11-5-13-12(21-8-22-13)4-10(11)6-16-17-14(18)3-9-1-2-23(19,20)7-9/h4-6,9H,1-3,7-8H2,(H,17,18)/b16-6-/t9-/m0/s1. The van der Waals surface area contributed by atoms with Gasteiger partial charge in [0, 0.05) is 16.5 Å². The Labute approximate surface area is 142 Å². The summed E-state index contributed by atoms with van der Waals surface area (Å²) in [4.78, 5) is 11.8. The maximum atomic E-state index is 11.8. The number of carbonyl (C=O) groups excluding carboxylic acids is 1. The summed E-state index contributed by atoms with van der Waals surface area (Å²) in [5.41, 5.74) is 3.16. The number of ether oxygens (including phenoxy) is 2. The molecule has 0 spiro atoms. The van der Waals surface area contributed by atoms with E-state index in [1.165, 1.54) is 6.21 Å². The molecule has 0 saturated carbocycles. The number of hydrazone groups is 1. The van der Waals surface area contributed by atoms with E-state index in [2.05, 4.69) is 26.5 Å². The van der Waals surface area contributed by atoms with Crippen molar-refractivity contribution in [3.8, 4) is 11.5 Å². The zero-order chi connectivity index (χ0) is 16.4. The molecule has 0 bridgehead atoms. The van der Waals surface area contributed by atoms with Gasteiger partial charge in [0.05, 0.1) is 17.7 Å². The zero-order valence-corrected chi connectivity index (χ0v) is 14.5. The molecule has 23 heavy (non-hydrogen) atoms. The topological polar surface area (TPSA) is 94.1 Å². The second-order valence-electron chi connectivity index (χ2n) is 5.49. The molecular weight excluding hydrogens is 388 g/mol. The lowest BCUT2D eigenvalue weighted by molar-refractivity contribution is -0.121. The average molecular weight is 403 g/mol. The number of fused-ring (bicyclic) bond motifs is 1. The number of carbonyl (C=O) groups is 1. The first-order chi connectivity index (χ1) is 10.9. The highest BCUT2D eigenvalue weighted by atomic mass is 79.9. The Morgan fingerprint density at radius 2 is 2.13 bits per heavy atom. The highest BCUT2D eigenvalue weighted by Gasteiger charge is 2.29. The smallest absolute Gasteiger partial charge is 0.240 e. The number of hydrogen-bond donors (Lipinski definition) is 1. The Bertz CT molecular complexity index is 763. The van der Waals surface area contributed by atoms with Gasteiger partial charge in [0.2, 0.25) is 12.7 Å². The fourth-order valence-corrected chi connectivity index (χ4v) is 4.83. The van der Waals surface area contributed by atoms with E-state index in [0.29, 0.717) is 17.9 Å². The number of sulfone groups is 1. The van der Waals surface area contributed by atoms with Crippen molar-refractivity contribution >= 4 is 37.9 Å². The predicted octanol–water partition coefficient (Wildman–Crippen LogP) is 1.45. The molecule has 9 heteroatoms. The van der Waals surface area contributed by atoms with E-state index >= 15 is 0 Å². The van der Waals surface area contributed by atoms with Crippen LogP contribution < -0.4 is 14.9 Å². The predicted molar refractivity (Wildman–Crippen MR) is 87.4 cm³/mol. The number of amides is 1. The number of hydrogen-bond acceptors (Lipinski definition) is 6. The van der Waals surface area contributed by atoms with Gasteiger partial charge in [0.25, 0.3) is 0 Å². The van der Waals surface area contributed by atoms with Crippen LogP contribution in [0.3, 0.4) is 0 Å². The first-order valence-electron chi connectivity index (χ1n) is 7.04. The van der Waals surface area contributed by atoms with E-state index in [4.69, 9.17) is 9.47 Å². The molecule has 1 N–H and O–H groups in total. The SMILES string of the molecule is O=C(C[C@@H]1CCS(=O)(=O)C1)N/N=C\c1cc2c(cc1Br)OCO2. The van der Waals surface area contributed by atoms with Crippen LogP contribution in [0.15, 0.2) is 21.7 Å². The largest absolute Gasteiger partial charge is 0.454 e. The van der Waals surface area contributed by atoms with Crippen LogP contribution in [-0.4, -0.2) is 38.8 Å². The van der Waals surface area contributed by atoms with Gasteiger partial charge in [-0.05, 0) is 40.4 Å². The van der Waals surface area contributed by atoms with E-state index in [0.717, 1.165) is 10.0 Å². The summed E-state index contributed by atoms with van der Waals surface area (Å²) in [6.07, 6.45) is 2.20.